The van der Waals surface area contributed by atoms with Gasteiger partial charge in [0.1, 0.15) is 17.4 Å². The minimum atomic E-state index is -0.409. The van der Waals surface area contributed by atoms with Crippen molar-refractivity contribution in [3.8, 4) is 6.07 Å². The van der Waals surface area contributed by atoms with E-state index in [-0.39, 0.29) is 5.56 Å². The van der Waals surface area contributed by atoms with Gasteiger partial charge >= 0.3 is 0 Å². The number of halogens is 1. The first-order valence-electron chi connectivity index (χ1n) is 7.47. The van der Waals surface area contributed by atoms with Gasteiger partial charge in [-0.2, -0.15) is 5.26 Å². The Balaban J connectivity index is 1.80. The van der Waals surface area contributed by atoms with Crippen LogP contribution in [0.4, 0.5) is 10.1 Å². The van der Waals surface area contributed by atoms with Crippen LogP contribution in [0.25, 0.3) is 0 Å². The molecule has 0 bridgehead atoms. The smallest absolute Gasteiger partial charge is 0.143 e. The fourth-order valence-corrected chi connectivity index (χ4v) is 3.47. The van der Waals surface area contributed by atoms with Crippen LogP contribution in [0.15, 0.2) is 18.2 Å². The summed E-state index contributed by atoms with van der Waals surface area (Å²) in [5, 5.41) is 9.18. The van der Waals surface area contributed by atoms with Gasteiger partial charge in [-0.1, -0.05) is 6.07 Å². The molecule has 2 aliphatic rings. The zero-order valence-corrected chi connectivity index (χ0v) is 11.7. The number of hydrogen-bond acceptors (Lipinski definition) is 3. The van der Waals surface area contributed by atoms with E-state index in [1.54, 1.807) is 6.07 Å². The molecule has 1 aromatic rings. The molecule has 2 fully saturated rings. The Morgan fingerprint density at radius 3 is 2.70 bits per heavy atom. The maximum Gasteiger partial charge on any atom is 0.143 e. The molecule has 0 N–H and O–H groups in total. The summed E-state index contributed by atoms with van der Waals surface area (Å²) in [6, 6.07) is 7.51. The maximum atomic E-state index is 13.7. The van der Waals surface area contributed by atoms with Crippen LogP contribution in [0.5, 0.6) is 0 Å². The average molecular weight is 273 g/mol. The van der Waals surface area contributed by atoms with Gasteiger partial charge in [-0.15, -0.1) is 0 Å². The molecule has 1 aromatic carbocycles. The van der Waals surface area contributed by atoms with Crippen molar-refractivity contribution in [1.82, 2.24) is 4.90 Å². The first-order valence-corrected chi connectivity index (χ1v) is 7.47. The van der Waals surface area contributed by atoms with E-state index < -0.39 is 5.82 Å². The van der Waals surface area contributed by atoms with Crippen molar-refractivity contribution in [3.63, 3.8) is 0 Å². The molecular weight excluding hydrogens is 253 g/mol. The van der Waals surface area contributed by atoms with E-state index in [0.717, 1.165) is 25.2 Å². The van der Waals surface area contributed by atoms with Gasteiger partial charge in [0.2, 0.25) is 0 Å². The van der Waals surface area contributed by atoms with Gasteiger partial charge in [0.15, 0.2) is 0 Å². The van der Waals surface area contributed by atoms with Gasteiger partial charge in [0.25, 0.3) is 0 Å². The molecule has 2 aliphatic heterocycles. The van der Waals surface area contributed by atoms with Crippen molar-refractivity contribution in [1.29, 1.82) is 5.26 Å². The number of benzene rings is 1. The van der Waals surface area contributed by atoms with Crippen LogP contribution in [0, 0.1) is 17.1 Å². The number of likely N-dealkylation sites (tertiary alicyclic amines) is 1. The van der Waals surface area contributed by atoms with Gasteiger partial charge < -0.3 is 4.90 Å². The lowest BCUT2D eigenvalue weighted by Crippen LogP contribution is -2.47. The number of rotatable bonds is 2. The Labute approximate surface area is 119 Å². The van der Waals surface area contributed by atoms with Gasteiger partial charge in [-0.25, -0.2) is 4.39 Å². The summed E-state index contributed by atoms with van der Waals surface area (Å²) in [5.41, 5.74) is 0.950. The highest BCUT2D eigenvalue weighted by molar-refractivity contribution is 5.60. The molecule has 106 valence electrons. The molecule has 0 amide bonds. The number of nitrogens with zero attached hydrogens (tertiary/aromatic N) is 3. The third-order valence-electron chi connectivity index (χ3n) is 4.50. The van der Waals surface area contributed by atoms with E-state index >= 15 is 0 Å². The SMILES string of the molecule is N#Cc1c(F)cccc1N1CCCC(N2CCCC2)C1. The van der Waals surface area contributed by atoms with E-state index in [4.69, 9.17) is 0 Å². The summed E-state index contributed by atoms with van der Waals surface area (Å²) < 4.78 is 13.7. The van der Waals surface area contributed by atoms with Gasteiger partial charge in [0.05, 0.1) is 5.69 Å². The summed E-state index contributed by atoms with van der Waals surface area (Å²) in [5.74, 6) is -0.409. The first kappa shape index (κ1) is 13.4. The predicted molar refractivity (Wildman–Crippen MR) is 77.2 cm³/mol. The summed E-state index contributed by atoms with van der Waals surface area (Å²) in [6.07, 6.45) is 4.91. The lowest BCUT2D eigenvalue weighted by molar-refractivity contribution is 0.215. The molecule has 0 radical (unpaired) electrons. The third-order valence-corrected chi connectivity index (χ3v) is 4.50. The molecule has 0 spiro atoms. The van der Waals surface area contributed by atoms with Gasteiger partial charge in [-0.05, 0) is 50.9 Å². The molecule has 0 aliphatic carbocycles. The van der Waals surface area contributed by atoms with Crippen LogP contribution >= 0.6 is 0 Å². The van der Waals surface area contributed by atoms with E-state index in [9.17, 15) is 9.65 Å². The fourth-order valence-electron chi connectivity index (χ4n) is 3.47. The molecule has 2 heterocycles. The second-order valence-corrected chi connectivity index (χ2v) is 5.73. The van der Waals surface area contributed by atoms with Crippen molar-refractivity contribution in [2.75, 3.05) is 31.1 Å². The van der Waals surface area contributed by atoms with Gasteiger partial charge in [0, 0.05) is 19.1 Å². The molecular formula is C16H20FN3. The standard InChI is InChI=1S/C16H20FN3/c17-15-6-3-7-16(14(15)11-18)20-10-4-5-13(12-20)19-8-1-2-9-19/h3,6-7,13H,1-2,4-5,8-10,12H2. The lowest BCUT2D eigenvalue weighted by Gasteiger charge is -2.39. The van der Waals surface area contributed by atoms with Crippen molar-refractivity contribution in [3.05, 3.63) is 29.6 Å². The topological polar surface area (TPSA) is 30.3 Å². The summed E-state index contributed by atoms with van der Waals surface area (Å²) in [7, 11) is 0. The predicted octanol–water partition coefficient (Wildman–Crippen LogP) is 2.76. The molecule has 4 heteroatoms. The van der Waals surface area contributed by atoms with Crippen LogP contribution in [0.2, 0.25) is 0 Å². The highest BCUT2D eigenvalue weighted by Crippen LogP contribution is 2.28. The quantitative estimate of drug-likeness (QED) is 0.830. The van der Waals surface area contributed by atoms with Crippen molar-refractivity contribution < 1.29 is 4.39 Å². The number of nitriles is 1. The summed E-state index contributed by atoms with van der Waals surface area (Å²) in [6.45, 7) is 4.21. The van der Waals surface area contributed by atoms with E-state index in [0.29, 0.717) is 6.04 Å². The lowest BCUT2D eigenvalue weighted by atomic mass is 10.0. The van der Waals surface area contributed by atoms with Crippen molar-refractivity contribution >= 4 is 5.69 Å². The van der Waals surface area contributed by atoms with E-state index in [2.05, 4.69) is 9.80 Å². The van der Waals surface area contributed by atoms with E-state index in [1.807, 2.05) is 12.1 Å². The fraction of sp³-hybridized carbons (Fsp3) is 0.562. The number of piperidine rings is 1. The molecule has 1 atom stereocenters. The molecule has 0 aromatic heterocycles. The Kier molecular flexibility index (Phi) is 3.88. The first-order chi connectivity index (χ1) is 9.79. The molecule has 3 rings (SSSR count). The summed E-state index contributed by atoms with van der Waals surface area (Å²) >= 11 is 0. The molecule has 1 unspecified atom stereocenters. The zero-order chi connectivity index (χ0) is 13.9. The van der Waals surface area contributed by atoms with Gasteiger partial charge in [-0.3, -0.25) is 4.90 Å². The zero-order valence-electron chi connectivity index (χ0n) is 11.7. The average Bonchev–Trinajstić information content (AvgIpc) is 3.01. The van der Waals surface area contributed by atoms with Crippen LogP contribution in [0.1, 0.15) is 31.2 Å². The largest absolute Gasteiger partial charge is 0.369 e. The minimum Gasteiger partial charge on any atom is -0.369 e. The Bertz CT molecular complexity index is 517. The Morgan fingerprint density at radius 2 is 1.95 bits per heavy atom. The van der Waals surface area contributed by atoms with Crippen molar-refractivity contribution in [2.24, 2.45) is 0 Å². The molecule has 20 heavy (non-hydrogen) atoms. The third kappa shape index (κ3) is 2.51. The normalized spacial score (nSPS) is 23.8. The highest BCUT2D eigenvalue weighted by Gasteiger charge is 2.28. The highest BCUT2D eigenvalue weighted by atomic mass is 19.1. The van der Waals surface area contributed by atoms with Crippen LogP contribution in [-0.2, 0) is 0 Å². The molecule has 0 saturated carbocycles. The molecule has 3 nitrogen and oxygen atoms in total. The second kappa shape index (κ2) is 5.80. The van der Waals surface area contributed by atoms with Crippen LogP contribution in [-0.4, -0.2) is 37.1 Å². The van der Waals surface area contributed by atoms with Crippen molar-refractivity contribution in [2.45, 2.75) is 31.7 Å². The second-order valence-electron chi connectivity index (χ2n) is 5.73. The number of hydrogen-bond donors (Lipinski definition) is 0. The monoisotopic (exact) mass is 273 g/mol. The summed E-state index contributed by atoms with van der Waals surface area (Å²) in [4.78, 5) is 4.74. The molecule has 2 saturated heterocycles. The Morgan fingerprint density at radius 1 is 1.15 bits per heavy atom. The minimum absolute atomic E-state index is 0.189. The van der Waals surface area contributed by atoms with Crippen LogP contribution in [0.3, 0.4) is 0 Å². The Hall–Kier alpha value is -1.60. The number of anilines is 1. The maximum absolute atomic E-state index is 13.7. The van der Waals surface area contributed by atoms with Crippen LogP contribution < -0.4 is 4.90 Å². The van der Waals surface area contributed by atoms with E-state index in [1.165, 1.54) is 38.4 Å².